The number of halogens is 4. The van der Waals surface area contributed by atoms with Gasteiger partial charge in [0.15, 0.2) is 0 Å². The lowest BCUT2D eigenvalue weighted by atomic mass is 10.1. The molecule has 35 heavy (non-hydrogen) atoms. The fourth-order valence-electron chi connectivity index (χ4n) is 3.69. The molecule has 1 aliphatic heterocycles. The zero-order valence-corrected chi connectivity index (χ0v) is 19.4. The maximum Gasteiger partial charge on any atom is 0.490 e. The lowest BCUT2D eigenvalue weighted by Crippen LogP contribution is -2.38. The summed E-state index contributed by atoms with van der Waals surface area (Å²) < 4.78 is 36.9. The van der Waals surface area contributed by atoms with Crippen LogP contribution in [-0.2, 0) is 16.0 Å². The second-order valence-corrected chi connectivity index (χ2v) is 8.25. The van der Waals surface area contributed by atoms with Gasteiger partial charge in [-0.15, -0.1) is 0 Å². The van der Waals surface area contributed by atoms with Crippen LogP contribution in [0.2, 0.25) is 5.02 Å². The van der Waals surface area contributed by atoms with E-state index in [4.69, 9.17) is 26.2 Å². The van der Waals surface area contributed by atoms with E-state index in [-0.39, 0.29) is 11.9 Å². The number of carbonyl (C=O) groups excluding carboxylic acids is 1. The van der Waals surface area contributed by atoms with E-state index in [1.165, 1.54) is 0 Å². The van der Waals surface area contributed by atoms with Gasteiger partial charge in [0.1, 0.15) is 5.75 Å². The topological polar surface area (TPSA) is 91.8 Å². The minimum atomic E-state index is -5.08. The Kier molecular flexibility index (Phi) is 8.39. The van der Waals surface area contributed by atoms with Crippen LogP contribution >= 0.6 is 11.6 Å². The monoisotopic (exact) mass is 509 g/mol. The van der Waals surface area contributed by atoms with Crippen molar-refractivity contribution in [2.24, 2.45) is 0 Å². The third kappa shape index (κ3) is 7.22. The molecule has 1 amide bonds. The molecule has 2 N–H and O–H groups in total. The molecule has 0 radical (unpaired) electrons. The normalized spacial score (nSPS) is 15.3. The highest BCUT2D eigenvalue weighted by atomic mass is 35.5. The van der Waals surface area contributed by atoms with Gasteiger partial charge in [0.25, 0.3) is 0 Å². The lowest BCUT2D eigenvalue weighted by molar-refractivity contribution is -0.192. The molecule has 2 heterocycles. The van der Waals surface area contributed by atoms with Gasteiger partial charge in [-0.2, -0.15) is 13.2 Å². The predicted molar refractivity (Wildman–Crippen MR) is 126 cm³/mol. The molecule has 1 unspecified atom stereocenters. The van der Waals surface area contributed by atoms with Crippen LogP contribution in [-0.4, -0.2) is 54.4 Å². The molecule has 3 aromatic rings. The summed E-state index contributed by atoms with van der Waals surface area (Å²) in [7, 11) is 1.63. The number of alkyl halides is 3. The van der Waals surface area contributed by atoms with Gasteiger partial charge in [0.05, 0.1) is 19.0 Å². The molecule has 186 valence electrons. The number of carbonyl (C=O) groups is 2. The molecule has 1 aromatic heterocycles. The minimum Gasteiger partial charge on any atom is -0.497 e. The van der Waals surface area contributed by atoms with E-state index in [9.17, 15) is 18.0 Å². The van der Waals surface area contributed by atoms with E-state index in [2.05, 4.69) is 15.2 Å². The summed E-state index contributed by atoms with van der Waals surface area (Å²) in [6.45, 7) is 1.69. The largest absolute Gasteiger partial charge is 0.497 e. The van der Waals surface area contributed by atoms with Gasteiger partial charge in [-0.3, -0.25) is 9.78 Å². The van der Waals surface area contributed by atoms with Gasteiger partial charge in [-0.25, -0.2) is 4.79 Å². The highest BCUT2D eigenvalue weighted by Crippen LogP contribution is 2.29. The second kappa shape index (κ2) is 11.3. The van der Waals surface area contributed by atoms with Gasteiger partial charge in [0, 0.05) is 41.4 Å². The molecule has 4 rings (SSSR count). The number of nitrogens with one attached hydrogen (secondary N) is 1. The van der Waals surface area contributed by atoms with Crippen LogP contribution in [0.3, 0.4) is 0 Å². The first-order valence-corrected chi connectivity index (χ1v) is 11.0. The number of aromatic nitrogens is 1. The van der Waals surface area contributed by atoms with Crippen LogP contribution in [0.5, 0.6) is 5.75 Å². The van der Waals surface area contributed by atoms with Gasteiger partial charge < -0.3 is 20.1 Å². The first-order valence-electron chi connectivity index (χ1n) is 10.6. The number of carboxylic acid groups (broad SMARTS) is 1. The molecular formula is C24H23ClF3N3O4. The number of pyridine rings is 1. The average molecular weight is 510 g/mol. The Morgan fingerprint density at radius 2 is 1.89 bits per heavy atom. The molecule has 7 nitrogen and oxygen atoms in total. The maximum absolute atomic E-state index is 12.4. The van der Waals surface area contributed by atoms with E-state index in [1.54, 1.807) is 7.11 Å². The third-order valence-electron chi connectivity index (χ3n) is 5.34. The Bertz CT molecular complexity index is 1190. The fourth-order valence-corrected chi connectivity index (χ4v) is 3.85. The standard InChI is InChI=1S/C22H22ClN3O2.C2HF3O2/c1-28-18-5-2-15(3-6-18)12-22(27)25-17-9-11-26(14-17)21-8-10-24-20-13-16(23)4-7-19(20)21;3-2(4,5)1(6)7/h2-8,10,13,17H,9,11-12,14H2,1H3,(H,25,27);(H,6,7). The first-order chi connectivity index (χ1) is 16.6. The lowest BCUT2D eigenvalue weighted by Gasteiger charge is -2.21. The van der Waals surface area contributed by atoms with Crippen molar-refractivity contribution in [1.29, 1.82) is 0 Å². The summed E-state index contributed by atoms with van der Waals surface area (Å²) in [5.74, 6) is -1.92. The molecule has 1 aliphatic rings. The van der Waals surface area contributed by atoms with Crippen LogP contribution in [0, 0.1) is 0 Å². The molecule has 0 bridgehead atoms. The number of hydrogen-bond acceptors (Lipinski definition) is 5. The van der Waals surface area contributed by atoms with E-state index in [0.717, 1.165) is 47.4 Å². The molecule has 11 heteroatoms. The number of hydrogen-bond donors (Lipinski definition) is 2. The van der Waals surface area contributed by atoms with Crippen LogP contribution in [0.4, 0.5) is 18.9 Å². The second-order valence-electron chi connectivity index (χ2n) is 7.82. The SMILES string of the molecule is COc1ccc(CC(=O)NC2CCN(c3ccnc4cc(Cl)ccc34)C2)cc1.O=C(O)C(F)(F)F. The van der Waals surface area contributed by atoms with Crippen LogP contribution in [0.1, 0.15) is 12.0 Å². The summed E-state index contributed by atoms with van der Waals surface area (Å²) in [6, 6.07) is 15.5. The quantitative estimate of drug-likeness (QED) is 0.527. The molecule has 2 aromatic carbocycles. The number of amides is 1. The zero-order chi connectivity index (χ0) is 25.6. The van der Waals surface area contributed by atoms with Gasteiger partial charge in [-0.05, 0) is 48.4 Å². The Labute approximate surface area is 204 Å². The number of ether oxygens (including phenoxy) is 1. The molecule has 1 atom stereocenters. The summed E-state index contributed by atoms with van der Waals surface area (Å²) in [6.07, 6.45) is -1.98. The number of nitrogens with zero attached hydrogens (tertiary/aromatic N) is 2. The minimum absolute atomic E-state index is 0.0448. The third-order valence-corrected chi connectivity index (χ3v) is 5.58. The van der Waals surface area contributed by atoms with Crippen molar-refractivity contribution in [3.05, 3.63) is 65.3 Å². The van der Waals surface area contributed by atoms with E-state index >= 15 is 0 Å². The highest BCUT2D eigenvalue weighted by molar-refractivity contribution is 6.31. The summed E-state index contributed by atoms with van der Waals surface area (Å²) in [5.41, 5.74) is 3.00. The number of rotatable bonds is 5. The Balaban J connectivity index is 0.000000429. The van der Waals surface area contributed by atoms with Crippen molar-refractivity contribution in [3.8, 4) is 5.75 Å². The van der Waals surface area contributed by atoms with Crippen LogP contribution < -0.4 is 15.0 Å². The molecule has 1 saturated heterocycles. The van der Waals surface area contributed by atoms with Gasteiger partial charge in [0.2, 0.25) is 5.91 Å². The van der Waals surface area contributed by atoms with Crippen LogP contribution in [0.15, 0.2) is 54.7 Å². The molecule has 1 fully saturated rings. The summed E-state index contributed by atoms with van der Waals surface area (Å²) >= 11 is 6.09. The van der Waals surface area contributed by atoms with Gasteiger partial charge >= 0.3 is 12.1 Å². The Morgan fingerprint density at radius 3 is 2.51 bits per heavy atom. The van der Waals surface area contributed by atoms with Crippen LogP contribution in [0.25, 0.3) is 10.9 Å². The first kappa shape index (κ1) is 26.1. The summed E-state index contributed by atoms with van der Waals surface area (Å²) in [4.78, 5) is 28.0. The Morgan fingerprint density at radius 1 is 1.20 bits per heavy atom. The van der Waals surface area contributed by atoms with E-state index in [0.29, 0.717) is 11.4 Å². The van der Waals surface area contributed by atoms with E-state index in [1.807, 2.05) is 54.7 Å². The highest BCUT2D eigenvalue weighted by Gasteiger charge is 2.38. The molecule has 0 saturated carbocycles. The van der Waals surface area contributed by atoms with Gasteiger partial charge in [-0.1, -0.05) is 23.7 Å². The number of benzene rings is 2. The predicted octanol–water partition coefficient (Wildman–Crippen LogP) is 4.47. The van der Waals surface area contributed by atoms with Crippen molar-refractivity contribution in [3.63, 3.8) is 0 Å². The summed E-state index contributed by atoms with van der Waals surface area (Å²) in [5, 5.41) is 12.1. The number of fused-ring (bicyclic) bond motifs is 1. The Hall–Kier alpha value is -3.53. The molecular weight excluding hydrogens is 487 g/mol. The van der Waals surface area contributed by atoms with Crippen molar-refractivity contribution in [1.82, 2.24) is 10.3 Å². The molecule has 0 spiro atoms. The van der Waals surface area contributed by atoms with Crippen molar-refractivity contribution in [2.45, 2.75) is 25.1 Å². The maximum atomic E-state index is 12.4. The van der Waals surface area contributed by atoms with Crippen molar-refractivity contribution >= 4 is 40.1 Å². The fraction of sp³-hybridized carbons (Fsp3) is 0.292. The van der Waals surface area contributed by atoms with Crippen molar-refractivity contribution in [2.75, 3.05) is 25.1 Å². The average Bonchev–Trinajstić information content (AvgIpc) is 3.26. The number of carboxylic acids is 1. The van der Waals surface area contributed by atoms with Crippen molar-refractivity contribution < 1.29 is 32.6 Å². The number of methoxy groups -OCH3 is 1. The van der Waals surface area contributed by atoms with E-state index < -0.39 is 12.1 Å². The number of aliphatic carboxylic acids is 1. The zero-order valence-electron chi connectivity index (χ0n) is 18.7. The smallest absolute Gasteiger partial charge is 0.490 e. The number of anilines is 1. The molecule has 0 aliphatic carbocycles.